The number of anilines is 1. The molecule has 1 aromatic carbocycles. The zero-order valence-corrected chi connectivity index (χ0v) is 14.4. The van der Waals surface area contributed by atoms with E-state index in [2.05, 4.69) is 51.3 Å². The molecule has 21 heavy (non-hydrogen) atoms. The second-order valence-electron chi connectivity index (χ2n) is 5.75. The monoisotopic (exact) mass is 356 g/mol. The number of halogens is 1. The van der Waals surface area contributed by atoms with Crippen LogP contribution in [0.3, 0.4) is 0 Å². The van der Waals surface area contributed by atoms with Crippen LogP contribution in [0.15, 0.2) is 22.7 Å². The summed E-state index contributed by atoms with van der Waals surface area (Å²) in [5.41, 5.74) is 1.76. The van der Waals surface area contributed by atoms with Gasteiger partial charge < -0.3 is 20.1 Å². The molecule has 0 radical (unpaired) electrons. The number of nitrogens with one attached hydrogen (secondary N) is 1. The minimum Gasteiger partial charge on any atom is -0.388 e. The van der Waals surface area contributed by atoms with Crippen molar-refractivity contribution in [2.45, 2.75) is 31.9 Å². The van der Waals surface area contributed by atoms with Crippen LogP contribution in [0, 0.1) is 0 Å². The SMILES string of the molecule is CCNCc1ccc(Br)cc1N(C)CC1(O)CCOCC1. The van der Waals surface area contributed by atoms with Crippen LogP contribution in [0.25, 0.3) is 0 Å². The summed E-state index contributed by atoms with van der Waals surface area (Å²) in [4.78, 5) is 2.16. The highest BCUT2D eigenvalue weighted by Gasteiger charge is 2.31. The lowest BCUT2D eigenvalue weighted by Crippen LogP contribution is -2.46. The predicted molar refractivity (Wildman–Crippen MR) is 89.8 cm³/mol. The summed E-state index contributed by atoms with van der Waals surface area (Å²) in [6, 6.07) is 6.31. The van der Waals surface area contributed by atoms with Gasteiger partial charge in [0, 0.05) is 56.4 Å². The van der Waals surface area contributed by atoms with Crippen LogP contribution in [0.5, 0.6) is 0 Å². The standard InChI is InChI=1S/C16H25BrN2O2/c1-3-18-11-13-4-5-14(17)10-15(13)19(2)12-16(20)6-8-21-9-7-16/h4-5,10,18,20H,3,6-9,11-12H2,1-2H3. The number of rotatable bonds is 6. The summed E-state index contributed by atoms with van der Waals surface area (Å²) < 4.78 is 6.41. The van der Waals surface area contributed by atoms with Crippen LogP contribution in [0.1, 0.15) is 25.3 Å². The molecule has 4 nitrogen and oxygen atoms in total. The third kappa shape index (κ3) is 4.68. The van der Waals surface area contributed by atoms with Crippen molar-refractivity contribution in [3.05, 3.63) is 28.2 Å². The molecule has 1 aliphatic heterocycles. The Labute approximate surface area is 135 Å². The molecule has 0 atom stereocenters. The van der Waals surface area contributed by atoms with Crippen LogP contribution in [-0.2, 0) is 11.3 Å². The van der Waals surface area contributed by atoms with E-state index in [4.69, 9.17) is 4.74 Å². The van der Waals surface area contributed by atoms with Gasteiger partial charge in [-0.1, -0.05) is 28.9 Å². The summed E-state index contributed by atoms with van der Waals surface area (Å²) in [5.74, 6) is 0. The number of benzene rings is 1. The molecule has 0 saturated carbocycles. The fourth-order valence-electron chi connectivity index (χ4n) is 2.74. The number of likely N-dealkylation sites (N-methyl/N-ethyl adjacent to an activating group) is 1. The van der Waals surface area contributed by atoms with Crippen molar-refractivity contribution in [3.8, 4) is 0 Å². The molecule has 0 bridgehead atoms. The molecule has 2 rings (SSSR count). The van der Waals surface area contributed by atoms with Gasteiger partial charge in [-0.3, -0.25) is 0 Å². The first-order valence-electron chi connectivity index (χ1n) is 7.54. The molecule has 0 spiro atoms. The van der Waals surface area contributed by atoms with Crippen LogP contribution in [-0.4, -0.2) is 44.1 Å². The van der Waals surface area contributed by atoms with Gasteiger partial charge in [-0.2, -0.15) is 0 Å². The first kappa shape index (κ1) is 16.7. The Bertz CT molecular complexity index is 462. The molecule has 0 unspecified atom stereocenters. The molecule has 1 saturated heterocycles. The zero-order chi connectivity index (χ0) is 15.3. The second kappa shape index (κ2) is 7.58. The number of nitrogens with zero attached hydrogens (tertiary/aromatic N) is 1. The molecule has 1 aliphatic rings. The highest BCUT2D eigenvalue weighted by Crippen LogP contribution is 2.28. The molecular formula is C16H25BrN2O2. The van der Waals surface area contributed by atoms with E-state index < -0.39 is 5.60 Å². The van der Waals surface area contributed by atoms with Crippen LogP contribution < -0.4 is 10.2 Å². The molecule has 2 N–H and O–H groups in total. The summed E-state index contributed by atoms with van der Waals surface area (Å²) in [5, 5.41) is 14.1. The Balaban J connectivity index is 2.13. The lowest BCUT2D eigenvalue weighted by molar-refractivity contribution is -0.0572. The van der Waals surface area contributed by atoms with Crippen molar-refractivity contribution in [2.24, 2.45) is 0 Å². The number of hydrogen-bond acceptors (Lipinski definition) is 4. The van der Waals surface area contributed by atoms with E-state index in [1.165, 1.54) is 5.56 Å². The summed E-state index contributed by atoms with van der Waals surface area (Å²) in [6.45, 7) is 5.81. The maximum atomic E-state index is 10.7. The van der Waals surface area contributed by atoms with E-state index in [1.807, 2.05) is 7.05 Å². The van der Waals surface area contributed by atoms with E-state index >= 15 is 0 Å². The molecule has 0 aliphatic carbocycles. The minimum atomic E-state index is -0.648. The minimum absolute atomic E-state index is 0.631. The van der Waals surface area contributed by atoms with Crippen LogP contribution in [0.4, 0.5) is 5.69 Å². The van der Waals surface area contributed by atoms with E-state index in [-0.39, 0.29) is 0 Å². The van der Waals surface area contributed by atoms with Gasteiger partial charge >= 0.3 is 0 Å². The number of aliphatic hydroxyl groups is 1. The highest BCUT2D eigenvalue weighted by molar-refractivity contribution is 9.10. The normalized spacial score (nSPS) is 17.7. The first-order valence-corrected chi connectivity index (χ1v) is 8.34. The van der Waals surface area contributed by atoms with Crippen LogP contribution >= 0.6 is 15.9 Å². The fraction of sp³-hybridized carbons (Fsp3) is 0.625. The average molecular weight is 357 g/mol. The Kier molecular flexibility index (Phi) is 6.05. The third-order valence-electron chi connectivity index (χ3n) is 3.98. The van der Waals surface area contributed by atoms with E-state index in [1.54, 1.807) is 0 Å². The maximum Gasteiger partial charge on any atom is 0.0865 e. The third-order valence-corrected chi connectivity index (χ3v) is 4.47. The Morgan fingerprint density at radius 1 is 1.38 bits per heavy atom. The largest absolute Gasteiger partial charge is 0.388 e. The molecule has 1 heterocycles. The van der Waals surface area contributed by atoms with Gasteiger partial charge in [-0.15, -0.1) is 0 Å². The summed E-state index contributed by atoms with van der Waals surface area (Å²) in [7, 11) is 2.05. The maximum absolute atomic E-state index is 10.7. The summed E-state index contributed by atoms with van der Waals surface area (Å²) >= 11 is 3.54. The Hall–Kier alpha value is -0.620. The lowest BCUT2D eigenvalue weighted by Gasteiger charge is -2.37. The van der Waals surface area contributed by atoms with Gasteiger partial charge in [0.2, 0.25) is 0 Å². The van der Waals surface area contributed by atoms with Gasteiger partial charge in [0.1, 0.15) is 0 Å². The molecule has 0 amide bonds. The topological polar surface area (TPSA) is 44.7 Å². The zero-order valence-electron chi connectivity index (χ0n) is 12.9. The van der Waals surface area contributed by atoms with E-state index in [0.717, 1.165) is 23.2 Å². The number of ether oxygens (including phenoxy) is 1. The molecule has 0 aromatic heterocycles. The van der Waals surface area contributed by atoms with Crippen molar-refractivity contribution in [1.82, 2.24) is 5.32 Å². The Morgan fingerprint density at radius 2 is 2.10 bits per heavy atom. The smallest absolute Gasteiger partial charge is 0.0865 e. The second-order valence-corrected chi connectivity index (χ2v) is 6.66. The van der Waals surface area contributed by atoms with Gasteiger partial charge in [-0.25, -0.2) is 0 Å². The lowest BCUT2D eigenvalue weighted by atomic mass is 9.93. The van der Waals surface area contributed by atoms with Crippen molar-refractivity contribution < 1.29 is 9.84 Å². The quantitative estimate of drug-likeness (QED) is 0.821. The number of hydrogen-bond donors (Lipinski definition) is 2. The van der Waals surface area contributed by atoms with Gasteiger partial charge in [0.25, 0.3) is 0 Å². The van der Waals surface area contributed by atoms with Gasteiger partial charge in [0.05, 0.1) is 5.60 Å². The Morgan fingerprint density at radius 3 is 2.76 bits per heavy atom. The fourth-order valence-corrected chi connectivity index (χ4v) is 3.09. The van der Waals surface area contributed by atoms with Gasteiger partial charge in [-0.05, 0) is 24.2 Å². The summed E-state index contributed by atoms with van der Waals surface area (Å²) in [6.07, 6.45) is 1.40. The molecule has 1 fully saturated rings. The van der Waals surface area contributed by atoms with Crippen molar-refractivity contribution in [1.29, 1.82) is 0 Å². The van der Waals surface area contributed by atoms with Crippen molar-refractivity contribution in [2.75, 3.05) is 38.3 Å². The van der Waals surface area contributed by atoms with Gasteiger partial charge in [0.15, 0.2) is 0 Å². The highest BCUT2D eigenvalue weighted by atomic mass is 79.9. The first-order chi connectivity index (χ1) is 10.0. The molecule has 118 valence electrons. The van der Waals surface area contributed by atoms with Crippen molar-refractivity contribution >= 4 is 21.6 Å². The van der Waals surface area contributed by atoms with E-state index in [0.29, 0.717) is 32.6 Å². The average Bonchev–Trinajstić information content (AvgIpc) is 2.46. The molecular weight excluding hydrogens is 332 g/mol. The molecule has 5 heteroatoms. The van der Waals surface area contributed by atoms with Crippen molar-refractivity contribution in [3.63, 3.8) is 0 Å². The molecule has 1 aromatic rings. The van der Waals surface area contributed by atoms with E-state index in [9.17, 15) is 5.11 Å². The predicted octanol–water partition coefficient (Wildman–Crippen LogP) is 2.54. The van der Waals surface area contributed by atoms with Crippen LogP contribution in [0.2, 0.25) is 0 Å².